The van der Waals surface area contributed by atoms with Crippen molar-refractivity contribution in [2.45, 2.75) is 24.3 Å². The van der Waals surface area contributed by atoms with Gasteiger partial charge in [-0.15, -0.1) is 6.42 Å². The molecule has 8 heteroatoms. The maximum absolute atomic E-state index is 13.9. The molecule has 0 bridgehead atoms. The second-order valence-corrected chi connectivity index (χ2v) is 7.12. The van der Waals surface area contributed by atoms with Crippen molar-refractivity contribution in [1.29, 1.82) is 0 Å². The zero-order valence-electron chi connectivity index (χ0n) is 10.1. The first-order chi connectivity index (χ1) is 8.52. The molecule has 4 nitrogen and oxygen atoms in total. The van der Waals surface area contributed by atoms with Crippen LogP contribution in [0.3, 0.4) is 0 Å². The van der Waals surface area contributed by atoms with Crippen LogP contribution in [0.4, 0.5) is 10.1 Å². The molecule has 0 atom stereocenters. The van der Waals surface area contributed by atoms with Gasteiger partial charge in [-0.05, 0) is 35.8 Å². The average molecular weight is 370 g/mol. The SMILES string of the molecule is C#CC(C)(C)NS(=O)(=O)c1cc(Cl)c(Br)c(N)c1F. The first-order valence-electron chi connectivity index (χ1n) is 4.96. The molecule has 0 saturated heterocycles. The van der Waals surface area contributed by atoms with Crippen LogP contribution in [-0.2, 0) is 10.0 Å². The summed E-state index contributed by atoms with van der Waals surface area (Å²) in [5.41, 5.74) is 3.89. The average Bonchev–Trinajstić information content (AvgIpc) is 2.29. The zero-order valence-corrected chi connectivity index (χ0v) is 13.2. The second-order valence-electron chi connectivity index (χ2n) is 4.27. The van der Waals surface area contributed by atoms with E-state index in [4.69, 9.17) is 23.8 Å². The summed E-state index contributed by atoms with van der Waals surface area (Å²) >= 11 is 8.74. The zero-order chi connectivity index (χ0) is 15.0. The van der Waals surface area contributed by atoms with Gasteiger partial charge in [0.1, 0.15) is 4.90 Å². The van der Waals surface area contributed by atoms with E-state index in [2.05, 4.69) is 26.6 Å². The lowest BCUT2D eigenvalue weighted by Crippen LogP contribution is -2.42. The Balaban J connectivity index is 3.44. The van der Waals surface area contributed by atoms with E-state index >= 15 is 0 Å². The van der Waals surface area contributed by atoms with E-state index < -0.39 is 26.3 Å². The van der Waals surface area contributed by atoms with Gasteiger partial charge in [0, 0.05) is 0 Å². The minimum Gasteiger partial charge on any atom is -0.395 e. The summed E-state index contributed by atoms with van der Waals surface area (Å²) in [6.45, 7) is 2.93. The molecule has 0 saturated carbocycles. The van der Waals surface area contributed by atoms with Gasteiger partial charge < -0.3 is 5.73 Å². The monoisotopic (exact) mass is 368 g/mol. The van der Waals surface area contributed by atoms with Crippen LogP contribution in [0.5, 0.6) is 0 Å². The number of halogens is 3. The smallest absolute Gasteiger partial charge is 0.244 e. The molecule has 1 rings (SSSR count). The molecule has 0 aliphatic rings. The summed E-state index contributed by atoms with van der Waals surface area (Å²) in [6, 6.07) is 0.965. The molecular formula is C11H11BrClFN2O2S. The number of anilines is 1. The van der Waals surface area contributed by atoms with Crippen LogP contribution in [0.25, 0.3) is 0 Å². The Bertz CT molecular complexity index is 668. The van der Waals surface area contributed by atoms with E-state index in [1.807, 2.05) is 0 Å². The number of sulfonamides is 1. The van der Waals surface area contributed by atoms with Crippen LogP contribution in [0.15, 0.2) is 15.4 Å². The van der Waals surface area contributed by atoms with Gasteiger partial charge in [-0.2, -0.15) is 4.72 Å². The van der Waals surface area contributed by atoms with Gasteiger partial charge in [0.25, 0.3) is 0 Å². The van der Waals surface area contributed by atoms with Gasteiger partial charge in [-0.3, -0.25) is 0 Å². The molecule has 0 aromatic heterocycles. The van der Waals surface area contributed by atoms with Crippen molar-refractivity contribution in [3.05, 3.63) is 21.4 Å². The lowest BCUT2D eigenvalue weighted by Gasteiger charge is -2.20. The highest BCUT2D eigenvalue weighted by Gasteiger charge is 2.29. The minimum absolute atomic E-state index is 0.0159. The molecule has 0 heterocycles. The number of nitrogen functional groups attached to an aromatic ring is 1. The molecule has 0 fully saturated rings. The number of hydrogen-bond donors (Lipinski definition) is 2. The maximum Gasteiger partial charge on any atom is 0.244 e. The minimum atomic E-state index is -4.18. The normalized spacial score (nSPS) is 12.2. The molecular weight excluding hydrogens is 359 g/mol. The molecule has 0 amide bonds. The number of terminal acetylenes is 1. The topological polar surface area (TPSA) is 72.2 Å². The lowest BCUT2D eigenvalue weighted by atomic mass is 10.1. The van der Waals surface area contributed by atoms with E-state index in [-0.39, 0.29) is 15.2 Å². The Morgan fingerprint density at radius 2 is 2.11 bits per heavy atom. The fraction of sp³-hybridized carbons (Fsp3) is 0.273. The van der Waals surface area contributed by atoms with Gasteiger partial charge in [0.2, 0.25) is 10.0 Å². The maximum atomic E-state index is 13.9. The molecule has 1 aromatic carbocycles. The Hall–Kier alpha value is -0.810. The van der Waals surface area contributed by atoms with E-state index in [0.29, 0.717) is 0 Å². The highest BCUT2D eigenvalue weighted by Crippen LogP contribution is 2.34. The summed E-state index contributed by atoms with van der Waals surface area (Å²) in [5.74, 6) is 1.15. The highest BCUT2D eigenvalue weighted by atomic mass is 79.9. The van der Waals surface area contributed by atoms with Gasteiger partial charge in [0.05, 0.1) is 20.7 Å². The van der Waals surface area contributed by atoms with Crippen molar-refractivity contribution < 1.29 is 12.8 Å². The van der Waals surface area contributed by atoms with E-state index in [0.717, 1.165) is 6.07 Å². The van der Waals surface area contributed by atoms with Gasteiger partial charge in [-0.1, -0.05) is 17.5 Å². The first kappa shape index (κ1) is 16.2. The molecule has 19 heavy (non-hydrogen) atoms. The number of nitrogens with two attached hydrogens (primary N) is 1. The fourth-order valence-electron chi connectivity index (χ4n) is 1.22. The standard InChI is InChI=1S/C11H11BrClFN2O2S/c1-4-11(2,3)16-19(17,18)7-5-6(13)8(12)10(15)9(7)14/h1,5,16H,15H2,2-3H3. The van der Waals surface area contributed by atoms with Gasteiger partial charge in [0.15, 0.2) is 5.82 Å². The van der Waals surface area contributed by atoms with Gasteiger partial charge >= 0.3 is 0 Å². The Morgan fingerprint density at radius 1 is 1.58 bits per heavy atom. The Labute approximate surface area is 124 Å². The van der Waals surface area contributed by atoms with Crippen LogP contribution in [-0.4, -0.2) is 14.0 Å². The van der Waals surface area contributed by atoms with Crippen molar-refractivity contribution in [2.75, 3.05) is 5.73 Å². The van der Waals surface area contributed by atoms with Crippen LogP contribution in [0, 0.1) is 18.2 Å². The molecule has 1 aromatic rings. The molecule has 0 unspecified atom stereocenters. The van der Waals surface area contributed by atoms with E-state index in [1.54, 1.807) is 0 Å². The predicted octanol–water partition coefficient (Wildman–Crippen LogP) is 2.51. The molecule has 0 aliphatic heterocycles. The third-order valence-electron chi connectivity index (χ3n) is 2.20. The summed E-state index contributed by atoms with van der Waals surface area (Å²) in [6.07, 6.45) is 5.18. The Morgan fingerprint density at radius 3 is 2.58 bits per heavy atom. The van der Waals surface area contributed by atoms with Crippen molar-refractivity contribution in [3.8, 4) is 12.3 Å². The third kappa shape index (κ3) is 3.39. The largest absolute Gasteiger partial charge is 0.395 e. The quantitative estimate of drug-likeness (QED) is 0.488. The second kappa shape index (κ2) is 5.29. The number of benzene rings is 1. The molecule has 3 N–H and O–H groups in total. The lowest BCUT2D eigenvalue weighted by molar-refractivity contribution is 0.527. The van der Waals surface area contributed by atoms with Crippen LogP contribution < -0.4 is 10.5 Å². The number of rotatable bonds is 3. The van der Waals surface area contributed by atoms with Crippen molar-refractivity contribution in [3.63, 3.8) is 0 Å². The molecule has 0 radical (unpaired) electrons. The van der Waals surface area contributed by atoms with Crippen LogP contribution in [0.2, 0.25) is 5.02 Å². The summed E-state index contributed by atoms with van der Waals surface area (Å²) in [4.78, 5) is -0.651. The third-order valence-corrected chi connectivity index (χ3v) is 5.23. The Kier molecular flexibility index (Phi) is 4.52. The van der Waals surface area contributed by atoms with E-state index in [1.165, 1.54) is 13.8 Å². The first-order valence-corrected chi connectivity index (χ1v) is 7.62. The van der Waals surface area contributed by atoms with Crippen LogP contribution in [0.1, 0.15) is 13.8 Å². The van der Waals surface area contributed by atoms with Crippen molar-refractivity contribution in [1.82, 2.24) is 4.72 Å². The van der Waals surface area contributed by atoms with Crippen molar-refractivity contribution in [2.24, 2.45) is 0 Å². The van der Waals surface area contributed by atoms with Crippen LogP contribution >= 0.6 is 27.5 Å². The number of hydrogen-bond acceptors (Lipinski definition) is 3. The fourth-order valence-corrected chi connectivity index (χ4v) is 3.24. The number of nitrogens with one attached hydrogen (secondary N) is 1. The summed E-state index contributed by atoms with van der Waals surface area (Å²) < 4.78 is 40.3. The van der Waals surface area contributed by atoms with E-state index in [9.17, 15) is 12.8 Å². The predicted molar refractivity (Wildman–Crippen MR) is 76.8 cm³/mol. The van der Waals surface area contributed by atoms with Crippen molar-refractivity contribution >= 4 is 43.2 Å². The summed E-state index contributed by atoms with van der Waals surface area (Å²) in [5, 5.41) is -0.0159. The van der Waals surface area contributed by atoms with Gasteiger partial charge in [-0.25, -0.2) is 12.8 Å². The molecule has 0 spiro atoms. The summed E-state index contributed by atoms with van der Waals surface area (Å²) in [7, 11) is -4.18. The molecule has 0 aliphatic carbocycles. The highest BCUT2D eigenvalue weighted by molar-refractivity contribution is 9.10. The molecule has 104 valence electrons.